The van der Waals surface area contributed by atoms with Crippen LogP contribution in [0.25, 0.3) is 0 Å². The highest BCUT2D eigenvalue weighted by atomic mass is 32.1. The molecule has 1 aromatic heterocycles. The quantitative estimate of drug-likeness (QED) is 0.510. The van der Waals surface area contributed by atoms with E-state index in [1.54, 1.807) is 23.5 Å². The van der Waals surface area contributed by atoms with Crippen LogP contribution >= 0.6 is 11.3 Å². The molecule has 2 amide bonds. The van der Waals surface area contributed by atoms with Gasteiger partial charge in [0, 0.05) is 11.0 Å². The molecule has 22 heavy (non-hydrogen) atoms. The fourth-order valence-electron chi connectivity index (χ4n) is 2.43. The van der Waals surface area contributed by atoms with Crippen LogP contribution in [0.5, 0.6) is 0 Å². The standard InChI is InChI=1S/C17H22N2O2S/c1-2-3-6-11-16(20)18-19-17(21)15-12-13-9-7-4-5-8-10-14(13)22-15/h2-3,6,11-12H,4-5,7-10H2,1H3,(H,18,20)(H,19,21)/b3-2+,11-6+. The van der Waals surface area contributed by atoms with Gasteiger partial charge in [0.2, 0.25) is 0 Å². The Kier molecular flexibility index (Phi) is 6.40. The van der Waals surface area contributed by atoms with Gasteiger partial charge in [0.1, 0.15) is 0 Å². The van der Waals surface area contributed by atoms with Crippen LogP contribution in [0.3, 0.4) is 0 Å². The van der Waals surface area contributed by atoms with Gasteiger partial charge in [-0.05, 0) is 44.2 Å². The maximum absolute atomic E-state index is 12.1. The molecule has 0 atom stereocenters. The van der Waals surface area contributed by atoms with Gasteiger partial charge in [-0.15, -0.1) is 11.3 Å². The summed E-state index contributed by atoms with van der Waals surface area (Å²) >= 11 is 1.55. The van der Waals surface area contributed by atoms with Gasteiger partial charge in [0.25, 0.3) is 11.8 Å². The summed E-state index contributed by atoms with van der Waals surface area (Å²) < 4.78 is 0. The molecule has 0 saturated heterocycles. The molecule has 0 aliphatic heterocycles. The Bertz CT molecular complexity index is 562. The van der Waals surface area contributed by atoms with Crippen molar-refractivity contribution in [2.75, 3.05) is 0 Å². The highest BCUT2D eigenvalue weighted by Gasteiger charge is 2.15. The smallest absolute Gasteiger partial charge is 0.268 e. The molecule has 1 aromatic rings. The van der Waals surface area contributed by atoms with Crippen LogP contribution in [0.2, 0.25) is 0 Å². The van der Waals surface area contributed by atoms with Gasteiger partial charge in [0.05, 0.1) is 4.88 Å². The number of carbonyl (C=O) groups is 2. The first kappa shape index (κ1) is 16.5. The van der Waals surface area contributed by atoms with E-state index in [9.17, 15) is 9.59 Å². The van der Waals surface area contributed by atoms with Crippen molar-refractivity contribution in [3.63, 3.8) is 0 Å². The number of thiophene rings is 1. The van der Waals surface area contributed by atoms with E-state index in [4.69, 9.17) is 0 Å². The number of aryl methyl sites for hydroxylation is 2. The molecular formula is C17H22N2O2S. The molecule has 0 bridgehead atoms. The number of hydrazine groups is 1. The number of allylic oxidation sites excluding steroid dienone is 3. The number of rotatable bonds is 3. The predicted molar refractivity (Wildman–Crippen MR) is 89.8 cm³/mol. The molecule has 0 aromatic carbocycles. The van der Waals surface area contributed by atoms with Gasteiger partial charge in [-0.2, -0.15) is 0 Å². The van der Waals surface area contributed by atoms with E-state index in [1.807, 2.05) is 19.1 Å². The molecule has 2 rings (SSSR count). The molecule has 0 unspecified atom stereocenters. The molecule has 2 N–H and O–H groups in total. The normalized spacial score (nSPS) is 15.3. The number of hydrogen-bond acceptors (Lipinski definition) is 3. The third kappa shape index (κ3) is 4.84. The Morgan fingerprint density at radius 1 is 1.09 bits per heavy atom. The van der Waals surface area contributed by atoms with Crippen molar-refractivity contribution in [2.45, 2.75) is 45.4 Å². The van der Waals surface area contributed by atoms with E-state index in [1.165, 1.54) is 42.2 Å². The summed E-state index contributed by atoms with van der Waals surface area (Å²) in [4.78, 5) is 25.6. The lowest BCUT2D eigenvalue weighted by atomic mass is 10.00. The second kappa shape index (κ2) is 8.54. The highest BCUT2D eigenvalue weighted by Crippen LogP contribution is 2.28. The summed E-state index contributed by atoms with van der Waals surface area (Å²) in [6.45, 7) is 1.87. The summed E-state index contributed by atoms with van der Waals surface area (Å²) in [5, 5.41) is 0. The minimum atomic E-state index is -0.346. The number of carbonyl (C=O) groups excluding carboxylic acids is 2. The Morgan fingerprint density at radius 3 is 2.64 bits per heavy atom. The molecule has 0 radical (unpaired) electrons. The van der Waals surface area contributed by atoms with Crippen LogP contribution in [0.1, 0.15) is 52.7 Å². The van der Waals surface area contributed by atoms with Crippen LogP contribution in [0.15, 0.2) is 30.4 Å². The Morgan fingerprint density at radius 2 is 1.86 bits per heavy atom. The highest BCUT2D eigenvalue weighted by molar-refractivity contribution is 7.14. The van der Waals surface area contributed by atoms with E-state index in [0.717, 1.165) is 12.8 Å². The molecular weight excluding hydrogens is 296 g/mol. The first-order valence-electron chi connectivity index (χ1n) is 7.72. The van der Waals surface area contributed by atoms with E-state index in [2.05, 4.69) is 10.9 Å². The largest absolute Gasteiger partial charge is 0.279 e. The van der Waals surface area contributed by atoms with Gasteiger partial charge in [0.15, 0.2) is 0 Å². The van der Waals surface area contributed by atoms with Crippen LogP contribution in [-0.2, 0) is 17.6 Å². The number of fused-ring (bicyclic) bond motifs is 1. The monoisotopic (exact) mass is 318 g/mol. The van der Waals surface area contributed by atoms with E-state index in [-0.39, 0.29) is 11.8 Å². The van der Waals surface area contributed by atoms with Crippen molar-refractivity contribution >= 4 is 23.2 Å². The SMILES string of the molecule is C/C=C/C=C/C(=O)NNC(=O)c1cc2c(s1)CCCCCC2. The second-order valence-corrected chi connectivity index (χ2v) is 6.44. The second-order valence-electron chi connectivity index (χ2n) is 5.30. The first-order chi connectivity index (χ1) is 10.7. The summed E-state index contributed by atoms with van der Waals surface area (Å²) in [6.07, 6.45) is 13.6. The zero-order valence-corrected chi connectivity index (χ0v) is 13.7. The Balaban J connectivity index is 1.92. The Labute approximate surface area is 135 Å². The molecule has 0 saturated carbocycles. The lowest BCUT2D eigenvalue weighted by molar-refractivity contribution is -0.117. The van der Waals surface area contributed by atoms with Crippen molar-refractivity contribution in [2.24, 2.45) is 0 Å². The third-order valence-corrected chi connectivity index (χ3v) is 4.81. The predicted octanol–water partition coefficient (Wildman–Crippen LogP) is 3.30. The van der Waals surface area contributed by atoms with Crippen molar-refractivity contribution in [1.29, 1.82) is 0 Å². The van der Waals surface area contributed by atoms with Gasteiger partial charge in [-0.25, -0.2) is 0 Å². The minimum Gasteiger partial charge on any atom is -0.268 e. The zero-order valence-electron chi connectivity index (χ0n) is 12.9. The molecule has 4 nitrogen and oxygen atoms in total. The van der Waals surface area contributed by atoms with Crippen molar-refractivity contribution in [3.05, 3.63) is 45.7 Å². The maximum Gasteiger partial charge on any atom is 0.279 e. The fourth-order valence-corrected chi connectivity index (χ4v) is 3.58. The van der Waals surface area contributed by atoms with Crippen LogP contribution in [-0.4, -0.2) is 11.8 Å². The van der Waals surface area contributed by atoms with E-state index < -0.39 is 0 Å². The summed E-state index contributed by atoms with van der Waals surface area (Å²) in [5.41, 5.74) is 6.16. The van der Waals surface area contributed by atoms with E-state index >= 15 is 0 Å². The fraction of sp³-hybridized carbons (Fsp3) is 0.412. The average molecular weight is 318 g/mol. The van der Waals surface area contributed by atoms with Gasteiger partial charge in [-0.3, -0.25) is 20.4 Å². The topological polar surface area (TPSA) is 58.2 Å². The zero-order chi connectivity index (χ0) is 15.8. The molecule has 1 aliphatic carbocycles. The average Bonchev–Trinajstić information content (AvgIpc) is 2.87. The van der Waals surface area contributed by atoms with E-state index in [0.29, 0.717) is 4.88 Å². The summed E-state index contributed by atoms with van der Waals surface area (Å²) in [5.74, 6) is -0.592. The molecule has 0 fully saturated rings. The number of hydrogen-bond donors (Lipinski definition) is 2. The number of nitrogens with one attached hydrogen (secondary N) is 2. The van der Waals surface area contributed by atoms with Gasteiger partial charge >= 0.3 is 0 Å². The molecule has 1 aliphatic rings. The maximum atomic E-state index is 12.1. The minimum absolute atomic E-state index is 0.246. The van der Waals surface area contributed by atoms with Crippen molar-refractivity contribution < 1.29 is 9.59 Å². The van der Waals surface area contributed by atoms with Crippen LogP contribution < -0.4 is 10.9 Å². The summed E-state index contributed by atoms with van der Waals surface area (Å²) in [7, 11) is 0. The van der Waals surface area contributed by atoms with Crippen LogP contribution in [0.4, 0.5) is 0 Å². The number of amides is 2. The molecule has 1 heterocycles. The summed E-state index contributed by atoms with van der Waals surface area (Å²) in [6, 6.07) is 1.97. The molecule has 118 valence electrons. The third-order valence-electron chi connectivity index (χ3n) is 3.57. The lowest BCUT2D eigenvalue weighted by Gasteiger charge is -2.07. The van der Waals surface area contributed by atoms with Crippen LogP contribution in [0, 0.1) is 0 Å². The van der Waals surface area contributed by atoms with Gasteiger partial charge in [-0.1, -0.05) is 31.1 Å². The Hall–Kier alpha value is -1.88. The molecule has 0 spiro atoms. The van der Waals surface area contributed by atoms with Gasteiger partial charge < -0.3 is 0 Å². The lowest BCUT2D eigenvalue weighted by Crippen LogP contribution is -2.40. The van der Waals surface area contributed by atoms with Crippen molar-refractivity contribution in [1.82, 2.24) is 10.9 Å². The first-order valence-corrected chi connectivity index (χ1v) is 8.53. The van der Waals surface area contributed by atoms with Crippen molar-refractivity contribution in [3.8, 4) is 0 Å². The molecule has 5 heteroatoms.